The van der Waals surface area contributed by atoms with Gasteiger partial charge in [0.15, 0.2) is 0 Å². The van der Waals surface area contributed by atoms with Crippen molar-refractivity contribution >= 4 is 17.3 Å². The van der Waals surface area contributed by atoms with Crippen molar-refractivity contribution in [3.05, 3.63) is 52.7 Å². The van der Waals surface area contributed by atoms with Gasteiger partial charge in [0.1, 0.15) is 6.61 Å². The number of aromatic nitrogens is 1. The van der Waals surface area contributed by atoms with Gasteiger partial charge in [0.25, 0.3) is 0 Å². The summed E-state index contributed by atoms with van der Waals surface area (Å²) in [5, 5.41) is 0.679. The summed E-state index contributed by atoms with van der Waals surface area (Å²) in [7, 11) is 0. The maximum atomic E-state index is 6.03. The predicted octanol–water partition coefficient (Wildman–Crippen LogP) is 3.20. The number of nitrogen functional groups attached to an aromatic ring is 1. The van der Waals surface area contributed by atoms with Gasteiger partial charge in [-0.25, -0.2) is 4.98 Å². The standard InChI is InChI=1S/C13H13ClN2O/c1-9-6-7-12(15)13(16-9)17-8-10-4-2-3-5-11(10)14/h2-7H,8,15H2,1H3. The van der Waals surface area contributed by atoms with Gasteiger partial charge in [-0.2, -0.15) is 0 Å². The number of hydrogen-bond donors (Lipinski definition) is 1. The van der Waals surface area contributed by atoms with Gasteiger partial charge in [0.2, 0.25) is 5.88 Å². The van der Waals surface area contributed by atoms with Crippen molar-refractivity contribution in [2.75, 3.05) is 5.73 Å². The minimum absolute atomic E-state index is 0.361. The normalized spacial score (nSPS) is 10.2. The van der Waals surface area contributed by atoms with Crippen molar-refractivity contribution in [1.29, 1.82) is 0 Å². The molecule has 0 amide bonds. The van der Waals surface area contributed by atoms with Gasteiger partial charge in [-0.05, 0) is 25.1 Å². The van der Waals surface area contributed by atoms with Crippen LogP contribution in [0.15, 0.2) is 36.4 Å². The van der Waals surface area contributed by atoms with Gasteiger partial charge in [-0.3, -0.25) is 0 Å². The van der Waals surface area contributed by atoms with Crippen LogP contribution in [-0.2, 0) is 6.61 Å². The van der Waals surface area contributed by atoms with Crippen LogP contribution in [0, 0.1) is 6.92 Å². The fourth-order valence-corrected chi connectivity index (χ4v) is 1.61. The zero-order chi connectivity index (χ0) is 12.3. The molecule has 0 aliphatic rings. The molecular formula is C13H13ClN2O. The molecule has 3 nitrogen and oxygen atoms in total. The fraction of sp³-hybridized carbons (Fsp3) is 0.154. The van der Waals surface area contributed by atoms with Crippen molar-refractivity contribution in [3.63, 3.8) is 0 Å². The summed E-state index contributed by atoms with van der Waals surface area (Å²) in [5.41, 5.74) is 8.08. The van der Waals surface area contributed by atoms with E-state index in [0.717, 1.165) is 11.3 Å². The van der Waals surface area contributed by atoms with E-state index in [4.69, 9.17) is 22.1 Å². The number of nitrogens with two attached hydrogens (primary N) is 1. The second-order valence-corrected chi connectivity index (χ2v) is 4.13. The molecule has 1 heterocycles. The number of hydrogen-bond acceptors (Lipinski definition) is 3. The Labute approximate surface area is 105 Å². The Hall–Kier alpha value is -1.74. The first kappa shape index (κ1) is 11.7. The smallest absolute Gasteiger partial charge is 0.237 e. The highest BCUT2D eigenvalue weighted by Gasteiger charge is 2.04. The molecule has 0 saturated heterocycles. The third kappa shape index (κ3) is 2.88. The third-order valence-electron chi connectivity index (χ3n) is 2.35. The first-order chi connectivity index (χ1) is 8.16. The number of anilines is 1. The quantitative estimate of drug-likeness (QED) is 0.907. The summed E-state index contributed by atoms with van der Waals surface area (Å²) in [6.45, 7) is 2.25. The minimum Gasteiger partial charge on any atom is -0.471 e. The van der Waals surface area contributed by atoms with E-state index in [2.05, 4.69) is 4.98 Å². The molecule has 4 heteroatoms. The van der Waals surface area contributed by atoms with E-state index in [0.29, 0.717) is 23.2 Å². The molecule has 0 fully saturated rings. The first-order valence-corrected chi connectivity index (χ1v) is 5.64. The van der Waals surface area contributed by atoms with Crippen LogP contribution >= 0.6 is 11.6 Å². The zero-order valence-electron chi connectivity index (χ0n) is 9.48. The zero-order valence-corrected chi connectivity index (χ0v) is 10.2. The Bertz CT molecular complexity index is 529. The molecule has 0 aliphatic heterocycles. The summed E-state index contributed by atoms with van der Waals surface area (Å²) < 4.78 is 5.56. The van der Waals surface area contributed by atoms with E-state index in [-0.39, 0.29) is 0 Å². The topological polar surface area (TPSA) is 48.1 Å². The van der Waals surface area contributed by atoms with Gasteiger partial charge in [-0.1, -0.05) is 29.8 Å². The number of rotatable bonds is 3. The van der Waals surface area contributed by atoms with Crippen molar-refractivity contribution in [2.45, 2.75) is 13.5 Å². The van der Waals surface area contributed by atoms with Crippen LogP contribution in [0.1, 0.15) is 11.3 Å². The number of halogens is 1. The Kier molecular flexibility index (Phi) is 3.49. The Morgan fingerprint density at radius 3 is 2.76 bits per heavy atom. The van der Waals surface area contributed by atoms with E-state index in [1.54, 1.807) is 6.07 Å². The van der Waals surface area contributed by atoms with Gasteiger partial charge in [0, 0.05) is 16.3 Å². The lowest BCUT2D eigenvalue weighted by molar-refractivity contribution is 0.295. The third-order valence-corrected chi connectivity index (χ3v) is 2.72. The molecule has 0 unspecified atom stereocenters. The van der Waals surface area contributed by atoms with Gasteiger partial charge in [0.05, 0.1) is 5.69 Å². The van der Waals surface area contributed by atoms with Crippen LogP contribution in [0.3, 0.4) is 0 Å². The molecule has 0 aliphatic carbocycles. The number of ether oxygens (including phenoxy) is 1. The van der Waals surface area contributed by atoms with Crippen molar-refractivity contribution in [3.8, 4) is 5.88 Å². The summed E-state index contributed by atoms with van der Waals surface area (Å²) in [6, 6.07) is 11.2. The Morgan fingerprint density at radius 2 is 2.00 bits per heavy atom. The van der Waals surface area contributed by atoms with E-state index in [1.807, 2.05) is 37.3 Å². The first-order valence-electron chi connectivity index (χ1n) is 5.26. The van der Waals surface area contributed by atoms with Gasteiger partial charge < -0.3 is 10.5 Å². The van der Waals surface area contributed by atoms with Crippen molar-refractivity contribution < 1.29 is 4.74 Å². The van der Waals surface area contributed by atoms with Crippen LogP contribution < -0.4 is 10.5 Å². The van der Waals surface area contributed by atoms with E-state index in [1.165, 1.54) is 0 Å². The molecule has 0 bridgehead atoms. The molecular weight excluding hydrogens is 236 g/mol. The summed E-state index contributed by atoms with van der Waals surface area (Å²) in [4.78, 5) is 4.23. The minimum atomic E-state index is 0.361. The lowest BCUT2D eigenvalue weighted by atomic mass is 10.2. The van der Waals surface area contributed by atoms with Crippen LogP contribution in [-0.4, -0.2) is 4.98 Å². The predicted molar refractivity (Wildman–Crippen MR) is 69.2 cm³/mol. The molecule has 0 atom stereocenters. The average Bonchev–Trinajstić information content (AvgIpc) is 2.32. The second-order valence-electron chi connectivity index (χ2n) is 3.73. The number of pyridine rings is 1. The van der Waals surface area contributed by atoms with Crippen LogP contribution in [0.2, 0.25) is 5.02 Å². The SMILES string of the molecule is Cc1ccc(N)c(OCc2ccccc2Cl)n1. The molecule has 2 rings (SSSR count). The molecule has 17 heavy (non-hydrogen) atoms. The van der Waals surface area contributed by atoms with Crippen LogP contribution in [0.4, 0.5) is 5.69 Å². The average molecular weight is 249 g/mol. The number of aryl methyl sites for hydroxylation is 1. The molecule has 2 aromatic rings. The summed E-state index contributed by atoms with van der Waals surface area (Å²) >= 11 is 6.03. The highest BCUT2D eigenvalue weighted by Crippen LogP contribution is 2.21. The highest BCUT2D eigenvalue weighted by atomic mass is 35.5. The number of nitrogens with zero attached hydrogens (tertiary/aromatic N) is 1. The Morgan fingerprint density at radius 1 is 1.24 bits per heavy atom. The van der Waals surface area contributed by atoms with Crippen LogP contribution in [0.25, 0.3) is 0 Å². The Balaban J connectivity index is 2.12. The molecule has 0 saturated carbocycles. The summed E-state index contributed by atoms with van der Waals surface area (Å²) in [5.74, 6) is 0.449. The lowest BCUT2D eigenvalue weighted by Gasteiger charge is -2.09. The van der Waals surface area contributed by atoms with Crippen molar-refractivity contribution in [2.24, 2.45) is 0 Å². The molecule has 0 spiro atoms. The maximum Gasteiger partial charge on any atom is 0.237 e. The largest absolute Gasteiger partial charge is 0.471 e. The molecule has 1 aromatic carbocycles. The molecule has 2 N–H and O–H groups in total. The van der Waals surface area contributed by atoms with E-state index >= 15 is 0 Å². The van der Waals surface area contributed by atoms with Gasteiger partial charge in [-0.15, -0.1) is 0 Å². The fourth-order valence-electron chi connectivity index (χ4n) is 1.42. The molecule has 1 aromatic heterocycles. The van der Waals surface area contributed by atoms with Gasteiger partial charge >= 0.3 is 0 Å². The van der Waals surface area contributed by atoms with Crippen molar-refractivity contribution in [1.82, 2.24) is 4.98 Å². The maximum absolute atomic E-state index is 6.03. The second kappa shape index (κ2) is 5.06. The van der Waals surface area contributed by atoms with Crippen LogP contribution in [0.5, 0.6) is 5.88 Å². The van der Waals surface area contributed by atoms with E-state index in [9.17, 15) is 0 Å². The number of benzene rings is 1. The highest BCUT2D eigenvalue weighted by molar-refractivity contribution is 6.31. The monoisotopic (exact) mass is 248 g/mol. The lowest BCUT2D eigenvalue weighted by Crippen LogP contribution is -2.02. The molecule has 0 radical (unpaired) electrons. The molecule has 88 valence electrons. The van der Waals surface area contributed by atoms with E-state index < -0.39 is 0 Å². The summed E-state index contributed by atoms with van der Waals surface area (Å²) in [6.07, 6.45) is 0.